The monoisotopic (exact) mass is 426 g/mol. The summed E-state index contributed by atoms with van der Waals surface area (Å²) in [6.07, 6.45) is 11.3. The van der Waals surface area contributed by atoms with Gasteiger partial charge in [0.15, 0.2) is 0 Å². The van der Waals surface area contributed by atoms with Gasteiger partial charge in [-0.25, -0.2) is 0 Å². The van der Waals surface area contributed by atoms with Crippen molar-refractivity contribution in [2.75, 3.05) is 19.6 Å². The van der Waals surface area contributed by atoms with Crippen molar-refractivity contribution in [3.8, 4) is 28.3 Å². The zero-order valence-corrected chi connectivity index (χ0v) is 18.4. The van der Waals surface area contributed by atoms with E-state index in [1.54, 1.807) is 11.3 Å². The maximum absolute atomic E-state index is 9.45. The molecule has 4 aromatic rings. The number of likely N-dealkylation sites (tertiary alicyclic amines) is 1. The number of aryl methyl sites for hydroxylation is 1. The molecule has 0 radical (unpaired) electrons. The quantitative estimate of drug-likeness (QED) is 0.370. The minimum Gasteiger partial charge on any atom is -0.347 e. The van der Waals surface area contributed by atoms with Crippen molar-refractivity contribution in [3.05, 3.63) is 65.2 Å². The molecule has 0 unspecified atom stereocenters. The normalized spacial score (nSPS) is 14.7. The lowest BCUT2D eigenvalue weighted by Gasteiger charge is -2.26. The lowest BCUT2D eigenvalue weighted by atomic mass is 10.0. The minimum atomic E-state index is 0.696. The van der Waals surface area contributed by atoms with E-state index in [1.165, 1.54) is 43.4 Å². The van der Waals surface area contributed by atoms with E-state index >= 15 is 0 Å². The number of fused-ring (bicyclic) bond motifs is 1. The van der Waals surface area contributed by atoms with Gasteiger partial charge in [0.2, 0.25) is 0 Å². The van der Waals surface area contributed by atoms with E-state index in [0.29, 0.717) is 5.56 Å². The lowest BCUT2D eigenvalue weighted by Crippen LogP contribution is -2.31. The molecular weight excluding hydrogens is 400 g/mol. The van der Waals surface area contributed by atoms with Gasteiger partial charge in [-0.3, -0.25) is 4.98 Å². The van der Waals surface area contributed by atoms with Crippen LogP contribution in [0, 0.1) is 11.3 Å². The van der Waals surface area contributed by atoms with E-state index in [1.807, 2.05) is 24.5 Å². The van der Waals surface area contributed by atoms with Crippen molar-refractivity contribution in [1.82, 2.24) is 14.5 Å². The molecule has 5 heteroatoms. The van der Waals surface area contributed by atoms with Crippen LogP contribution in [0.25, 0.3) is 33.2 Å². The van der Waals surface area contributed by atoms with E-state index in [9.17, 15) is 5.26 Å². The molecule has 1 aliphatic rings. The Morgan fingerprint density at radius 1 is 0.968 bits per heavy atom. The van der Waals surface area contributed by atoms with Crippen LogP contribution in [0.15, 0.2) is 59.7 Å². The zero-order valence-electron chi connectivity index (χ0n) is 17.6. The molecule has 0 aliphatic carbocycles. The fourth-order valence-corrected chi connectivity index (χ4v) is 5.27. The summed E-state index contributed by atoms with van der Waals surface area (Å²) in [5, 5.41) is 14.8. The number of aromatic nitrogens is 2. The molecule has 3 aromatic heterocycles. The maximum atomic E-state index is 9.45. The SMILES string of the molecule is N#Cc1ccc2c(c1)c(-c1cncc(-c3ccsc3)c1)cn2CCCN1CCCCC1. The molecule has 0 amide bonds. The molecule has 0 spiro atoms. The van der Waals surface area contributed by atoms with Gasteiger partial charge in [-0.15, -0.1) is 0 Å². The number of thiophene rings is 1. The highest BCUT2D eigenvalue weighted by molar-refractivity contribution is 7.08. The van der Waals surface area contributed by atoms with Crippen LogP contribution in [0.4, 0.5) is 0 Å². The van der Waals surface area contributed by atoms with Crippen molar-refractivity contribution in [1.29, 1.82) is 5.26 Å². The molecule has 1 fully saturated rings. The second-order valence-electron chi connectivity index (χ2n) is 8.31. The number of hydrogen-bond acceptors (Lipinski definition) is 4. The first-order valence-corrected chi connectivity index (χ1v) is 12.0. The Kier molecular flexibility index (Phi) is 5.84. The first-order chi connectivity index (χ1) is 15.3. The average molecular weight is 427 g/mol. The van der Waals surface area contributed by atoms with Gasteiger partial charge in [0.25, 0.3) is 0 Å². The zero-order chi connectivity index (χ0) is 21.0. The molecule has 0 N–H and O–H groups in total. The summed E-state index contributed by atoms with van der Waals surface area (Å²) in [4.78, 5) is 7.12. The van der Waals surface area contributed by atoms with Crippen molar-refractivity contribution in [2.24, 2.45) is 0 Å². The summed E-state index contributed by atoms with van der Waals surface area (Å²) in [5.41, 5.74) is 6.45. The topological polar surface area (TPSA) is 44.9 Å². The van der Waals surface area contributed by atoms with Crippen LogP contribution in [-0.4, -0.2) is 34.1 Å². The third-order valence-electron chi connectivity index (χ3n) is 6.24. The highest BCUT2D eigenvalue weighted by Gasteiger charge is 2.14. The Bertz CT molecular complexity index is 1210. The van der Waals surface area contributed by atoms with Crippen LogP contribution in [-0.2, 0) is 6.54 Å². The highest BCUT2D eigenvalue weighted by Crippen LogP contribution is 2.33. The molecule has 31 heavy (non-hydrogen) atoms. The smallest absolute Gasteiger partial charge is 0.0991 e. The number of piperidine rings is 1. The number of hydrogen-bond donors (Lipinski definition) is 0. The second-order valence-corrected chi connectivity index (χ2v) is 9.09. The third-order valence-corrected chi connectivity index (χ3v) is 6.92. The van der Waals surface area contributed by atoms with Gasteiger partial charge >= 0.3 is 0 Å². The van der Waals surface area contributed by atoms with Gasteiger partial charge in [0.05, 0.1) is 11.6 Å². The molecule has 1 saturated heterocycles. The lowest BCUT2D eigenvalue weighted by molar-refractivity contribution is 0.223. The van der Waals surface area contributed by atoms with Gasteiger partial charge in [0, 0.05) is 52.7 Å². The van der Waals surface area contributed by atoms with E-state index in [0.717, 1.165) is 41.6 Å². The van der Waals surface area contributed by atoms with Crippen molar-refractivity contribution in [3.63, 3.8) is 0 Å². The molecule has 0 atom stereocenters. The molecular formula is C26H26N4S. The predicted molar refractivity (Wildman–Crippen MR) is 128 cm³/mol. The van der Waals surface area contributed by atoms with Gasteiger partial charge in [-0.2, -0.15) is 16.6 Å². The number of nitrogens with zero attached hydrogens (tertiary/aromatic N) is 4. The molecule has 1 aliphatic heterocycles. The minimum absolute atomic E-state index is 0.696. The Labute approximate surface area is 187 Å². The number of benzene rings is 1. The highest BCUT2D eigenvalue weighted by atomic mass is 32.1. The summed E-state index contributed by atoms with van der Waals surface area (Å²) in [7, 11) is 0. The molecule has 4 nitrogen and oxygen atoms in total. The largest absolute Gasteiger partial charge is 0.347 e. The predicted octanol–water partition coefficient (Wildman–Crippen LogP) is 6.18. The molecule has 4 heterocycles. The van der Waals surface area contributed by atoms with Crippen LogP contribution >= 0.6 is 11.3 Å². The van der Waals surface area contributed by atoms with Crippen molar-refractivity contribution in [2.45, 2.75) is 32.2 Å². The van der Waals surface area contributed by atoms with Gasteiger partial charge < -0.3 is 9.47 Å². The van der Waals surface area contributed by atoms with Crippen LogP contribution in [0.3, 0.4) is 0 Å². The summed E-state index contributed by atoms with van der Waals surface area (Å²) in [6, 6.07) is 12.7. The van der Waals surface area contributed by atoms with E-state index < -0.39 is 0 Å². The average Bonchev–Trinajstić information content (AvgIpc) is 3.48. The fourth-order valence-electron chi connectivity index (χ4n) is 4.60. The Hall–Kier alpha value is -2.94. The summed E-state index contributed by atoms with van der Waals surface area (Å²) < 4.78 is 2.35. The van der Waals surface area contributed by atoms with E-state index in [2.05, 4.69) is 55.7 Å². The van der Waals surface area contributed by atoms with Crippen LogP contribution < -0.4 is 0 Å². The first kappa shape index (κ1) is 20.0. The maximum Gasteiger partial charge on any atom is 0.0991 e. The summed E-state index contributed by atoms with van der Waals surface area (Å²) in [5.74, 6) is 0. The van der Waals surface area contributed by atoms with Crippen LogP contribution in [0.2, 0.25) is 0 Å². The number of nitriles is 1. The van der Waals surface area contributed by atoms with Crippen molar-refractivity contribution < 1.29 is 0 Å². The summed E-state index contributed by atoms with van der Waals surface area (Å²) >= 11 is 1.70. The molecule has 1 aromatic carbocycles. The van der Waals surface area contributed by atoms with E-state index in [4.69, 9.17) is 0 Å². The molecule has 5 rings (SSSR count). The molecule has 0 bridgehead atoms. The van der Waals surface area contributed by atoms with E-state index in [-0.39, 0.29) is 0 Å². The van der Waals surface area contributed by atoms with Gasteiger partial charge in [-0.1, -0.05) is 6.42 Å². The standard InChI is InChI=1S/C26H26N4S/c27-15-20-5-6-26-24(13-20)25(18-30(26)11-4-10-29-8-2-1-3-9-29)23-14-22(16-28-17-23)21-7-12-31-19-21/h5-7,12-14,16-19H,1-4,8-11H2. The Morgan fingerprint density at radius 2 is 1.84 bits per heavy atom. The molecule has 0 saturated carbocycles. The number of rotatable bonds is 6. The fraction of sp³-hybridized carbons (Fsp3) is 0.308. The Morgan fingerprint density at radius 3 is 2.65 bits per heavy atom. The van der Waals surface area contributed by atoms with Crippen LogP contribution in [0.5, 0.6) is 0 Å². The Balaban J connectivity index is 1.47. The molecule has 156 valence electrons. The second kappa shape index (κ2) is 9.05. The van der Waals surface area contributed by atoms with Gasteiger partial charge in [0.1, 0.15) is 0 Å². The van der Waals surface area contributed by atoms with Crippen molar-refractivity contribution >= 4 is 22.2 Å². The van der Waals surface area contributed by atoms with Gasteiger partial charge in [-0.05, 0) is 85.6 Å². The van der Waals surface area contributed by atoms with Crippen LogP contribution in [0.1, 0.15) is 31.2 Å². The summed E-state index contributed by atoms with van der Waals surface area (Å²) in [6.45, 7) is 4.62. The third kappa shape index (κ3) is 4.27. The first-order valence-electron chi connectivity index (χ1n) is 11.1. The number of pyridine rings is 1.